The molecule has 11 nitrogen and oxygen atoms in total. The van der Waals surface area contributed by atoms with Gasteiger partial charge in [0.1, 0.15) is 18.1 Å². The van der Waals surface area contributed by atoms with Gasteiger partial charge in [0.25, 0.3) is 0 Å². The largest absolute Gasteiger partial charge is 0.480 e. The van der Waals surface area contributed by atoms with Crippen molar-refractivity contribution in [2.24, 2.45) is 17.4 Å². The number of amides is 4. The van der Waals surface area contributed by atoms with Crippen molar-refractivity contribution in [3.05, 3.63) is 0 Å². The molecule has 0 fully saturated rings. The first-order chi connectivity index (χ1) is 13.9. The molecule has 0 saturated heterocycles. The van der Waals surface area contributed by atoms with Gasteiger partial charge in [-0.25, -0.2) is 4.79 Å². The Balaban J connectivity index is 5.08. The molecule has 0 saturated carbocycles. The van der Waals surface area contributed by atoms with Crippen molar-refractivity contribution in [3.63, 3.8) is 0 Å². The number of nitrogens with one attached hydrogen (secondary N) is 3. The van der Waals surface area contributed by atoms with Crippen LogP contribution < -0.4 is 27.4 Å². The summed E-state index contributed by atoms with van der Waals surface area (Å²) in [5.41, 5.74) is 11.0. The molecule has 8 N–H and O–H groups in total. The van der Waals surface area contributed by atoms with E-state index < -0.39 is 60.2 Å². The molecule has 5 atom stereocenters. The summed E-state index contributed by atoms with van der Waals surface area (Å²) in [6, 6.07) is -4.40. The second-order valence-corrected chi connectivity index (χ2v) is 8.04. The van der Waals surface area contributed by atoms with Gasteiger partial charge in [0, 0.05) is 0 Å². The van der Waals surface area contributed by atoms with Crippen LogP contribution in [0.5, 0.6) is 0 Å². The van der Waals surface area contributed by atoms with Gasteiger partial charge >= 0.3 is 5.97 Å². The van der Waals surface area contributed by atoms with Crippen LogP contribution >= 0.6 is 11.8 Å². The van der Waals surface area contributed by atoms with Crippen molar-refractivity contribution in [1.29, 1.82) is 0 Å². The van der Waals surface area contributed by atoms with Crippen molar-refractivity contribution in [3.8, 4) is 0 Å². The number of thioether (sulfide) groups is 1. The van der Waals surface area contributed by atoms with Crippen LogP contribution in [0.3, 0.4) is 0 Å². The van der Waals surface area contributed by atoms with E-state index in [4.69, 9.17) is 11.5 Å². The lowest BCUT2D eigenvalue weighted by atomic mass is 9.99. The normalized spacial score (nSPS) is 15.8. The smallest absolute Gasteiger partial charge is 0.326 e. The van der Waals surface area contributed by atoms with E-state index in [1.165, 1.54) is 18.7 Å². The first-order valence-electron chi connectivity index (χ1n) is 9.61. The first kappa shape index (κ1) is 27.7. The van der Waals surface area contributed by atoms with Gasteiger partial charge in [-0.05, 0) is 31.3 Å². The third-order valence-electron chi connectivity index (χ3n) is 4.58. The maximum absolute atomic E-state index is 12.5. The van der Waals surface area contributed by atoms with Gasteiger partial charge in [-0.3, -0.25) is 19.2 Å². The quantitative estimate of drug-likeness (QED) is 0.186. The van der Waals surface area contributed by atoms with Crippen molar-refractivity contribution in [1.82, 2.24) is 16.0 Å². The number of aliphatic carboxylic acids is 1. The van der Waals surface area contributed by atoms with Crippen molar-refractivity contribution in [2.45, 2.75) is 64.2 Å². The molecule has 12 heteroatoms. The zero-order chi connectivity index (χ0) is 23.4. The number of rotatable bonds is 14. The highest BCUT2D eigenvalue weighted by Crippen LogP contribution is 2.06. The maximum Gasteiger partial charge on any atom is 0.326 e. The highest BCUT2D eigenvalue weighted by atomic mass is 32.2. The fourth-order valence-corrected chi connectivity index (χ4v) is 2.83. The lowest BCUT2D eigenvalue weighted by molar-refractivity contribution is -0.142. The number of carboxylic acids is 1. The fraction of sp³-hybridized carbons (Fsp3) is 0.722. The summed E-state index contributed by atoms with van der Waals surface area (Å²) in [7, 11) is 0. The Kier molecular flexibility index (Phi) is 12.7. The summed E-state index contributed by atoms with van der Waals surface area (Å²) in [5, 5.41) is 16.3. The molecule has 0 aromatic rings. The summed E-state index contributed by atoms with van der Waals surface area (Å²) in [5.74, 6) is -3.77. The van der Waals surface area contributed by atoms with Gasteiger partial charge in [0.2, 0.25) is 23.6 Å². The van der Waals surface area contributed by atoms with Crippen LogP contribution in [0.2, 0.25) is 0 Å². The van der Waals surface area contributed by atoms with Gasteiger partial charge in [-0.15, -0.1) is 0 Å². The van der Waals surface area contributed by atoms with Gasteiger partial charge in [0.05, 0.1) is 12.5 Å². The molecule has 0 heterocycles. The molecule has 172 valence electrons. The number of carbonyl (C=O) groups excluding carboxylic acids is 4. The highest BCUT2D eigenvalue weighted by molar-refractivity contribution is 7.98. The van der Waals surface area contributed by atoms with E-state index in [1.54, 1.807) is 6.92 Å². The Bertz CT molecular complexity index is 632. The minimum atomic E-state index is -1.31. The van der Waals surface area contributed by atoms with E-state index >= 15 is 0 Å². The van der Waals surface area contributed by atoms with Crippen molar-refractivity contribution < 1.29 is 29.1 Å². The van der Waals surface area contributed by atoms with E-state index in [2.05, 4.69) is 16.0 Å². The predicted octanol–water partition coefficient (Wildman–Crippen LogP) is -1.45. The third kappa shape index (κ3) is 9.92. The van der Waals surface area contributed by atoms with E-state index in [1.807, 2.05) is 13.2 Å². The Hall–Kier alpha value is -2.34. The molecular formula is C18H33N5O6S. The zero-order valence-electron chi connectivity index (χ0n) is 17.8. The highest BCUT2D eigenvalue weighted by Gasteiger charge is 2.30. The second-order valence-electron chi connectivity index (χ2n) is 7.05. The Morgan fingerprint density at radius 2 is 1.53 bits per heavy atom. The van der Waals surface area contributed by atoms with Crippen LogP contribution in [-0.4, -0.2) is 70.9 Å². The summed E-state index contributed by atoms with van der Waals surface area (Å²) < 4.78 is 0. The molecule has 30 heavy (non-hydrogen) atoms. The van der Waals surface area contributed by atoms with Crippen LogP contribution in [0, 0.1) is 5.92 Å². The minimum absolute atomic E-state index is 0.152. The molecule has 0 spiro atoms. The zero-order valence-corrected chi connectivity index (χ0v) is 18.6. The molecule has 0 rings (SSSR count). The summed E-state index contributed by atoms with van der Waals surface area (Å²) in [4.78, 5) is 59.6. The summed E-state index contributed by atoms with van der Waals surface area (Å²) in [6.07, 6.45) is 2.19. The van der Waals surface area contributed by atoms with Gasteiger partial charge in [0.15, 0.2) is 0 Å². The van der Waals surface area contributed by atoms with Gasteiger partial charge in [-0.1, -0.05) is 20.3 Å². The monoisotopic (exact) mass is 447 g/mol. The van der Waals surface area contributed by atoms with E-state index in [0.717, 1.165) is 0 Å². The third-order valence-corrected chi connectivity index (χ3v) is 5.22. The molecule has 0 aliphatic rings. The van der Waals surface area contributed by atoms with Crippen LogP contribution in [0.1, 0.15) is 40.0 Å². The molecule has 0 aliphatic heterocycles. The molecule has 0 aromatic carbocycles. The number of nitrogens with two attached hydrogens (primary N) is 2. The molecule has 4 amide bonds. The Labute approximate surface area is 180 Å². The molecule has 0 bridgehead atoms. The van der Waals surface area contributed by atoms with Crippen LogP contribution in [-0.2, 0) is 24.0 Å². The topological polar surface area (TPSA) is 194 Å². The Morgan fingerprint density at radius 3 is 2.00 bits per heavy atom. The molecular weight excluding hydrogens is 414 g/mol. The van der Waals surface area contributed by atoms with E-state index in [0.29, 0.717) is 12.2 Å². The summed E-state index contributed by atoms with van der Waals surface area (Å²) in [6.45, 7) is 4.99. The molecule has 0 radical (unpaired) electrons. The SMILES string of the molecule is CCC(C)C(N)C(=O)NC(CC(N)=O)C(=O)NC(C)C(=O)NC(CCSC)C(=O)O. The van der Waals surface area contributed by atoms with Gasteiger partial charge < -0.3 is 32.5 Å². The van der Waals surface area contributed by atoms with E-state index in [9.17, 15) is 29.1 Å². The number of primary amides is 1. The average molecular weight is 448 g/mol. The van der Waals surface area contributed by atoms with Gasteiger partial charge in [-0.2, -0.15) is 11.8 Å². The minimum Gasteiger partial charge on any atom is -0.480 e. The van der Waals surface area contributed by atoms with Crippen molar-refractivity contribution in [2.75, 3.05) is 12.0 Å². The second kappa shape index (κ2) is 13.8. The lowest BCUT2D eigenvalue weighted by Crippen LogP contribution is -2.57. The molecule has 5 unspecified atom stereocenters. The number of carboxylic acid groups (broad SMARTS) is 1. The number of carbonyl (C=O) groups is 5. The first-order valence-corrected chi connectivity index (χ1v) is 11.0. The van der Waals surface area contributed by atoms with E-state index in [-0.39, 0.29) is 12.3 Å². The maximum atomic E-state index is 12.5. The average Bonchev–Trinajstić information content (AvgIpc) is 2.68. The van der Waals surface area contributed by atoms with Crippen LogP contribution in [0.25, 0.3) is 0 Å². The number of hydrogen-bond donors (Lipinski definition) is 6. The van der Waals surface area contributed by atoms with Crippen molar-refractivity contribution >= 4 is 41.4 Å². The standard InChI is InChI=1S/C18H33N5O6S/c1-5-9(2)14(20)17(27)23-12(8-13(19)24)16(26)21-10(3)15(25)22-11(18(28)29)6-7-30-4/h9-12,14H,5-8,20H2,1-4H3,(H2,19,24)(H,21,26)(H,22,25)(H,23,27)(H,28,29). The number of hydrogen-bond acceptors (Lipinski definition) is 7. The molecule has 0 aromatic heterocycles. The Morgan fingerprint density at radius 1 is 0.967 bits per heavy atom. The molecule has 0 aliphatic carbocycles. The predicted molar refractivity (Wildman–Crippen MR) is 113 cm³/mol. The van der Waals surface area contributed by atoms with Crippen LogP contribution in [0.15, 0.2) is 0 Å². The fourth-order valence-electron chi connectivity index (χ4n) is 2.36. The van der Waals surface area contributed by atoms with Crippen LogP contribution in [0.4, 0.5) is 0 Å². The lowest BCUT2D eigenvalue weighted by Gasteiger charge is -2.24. The summed E-state index contributed by atoms with van der Waals surface area (Å²) >= 11 is 1.44.